The highest BCUT2D eigenvalue weighted by Crippen LogP contribution is 2.37. The molecule has 0 spiro atoms. The second kappa shape index (κ2) is 7.25. The molecule has 1 aliphatic rings. The molecule has 0 aliphatic carbocycles. The first-order chi connectivity index (χ1) is 12.0. The average Bonchev–Trinajstić information content (AvgIpc) is 2.88. The zero-order valence-electron chi connectivity index (χ0n) is 14.0. The molecule has 0 N–H and O–H groups in total. The number of thioether (sulfide) groups is 1. The van der Waals surface area contributed by atoms with Gasteiger partial charge in [0.15, 0.2) is 11.5 Å². The standard InChI is InChI=1S/C18H16N2O3S2/c1-20-17(21)15(25-18(20)24)9-11-7-8-13(19-10-11)12-5-4-6-14(22-2)16(12)23-3/h4-10H,1-3H3/b15-9-. The normalized spacial score (nSPS) is 15.8. The SMILES string of the molecule is COc1cccc(-c2ccc(/C=C3\SC(=S)N(C)C3=O)cn2)c1OC. The monoisotopic (exact) mass is 372 g/mol. The Balaban J connectivity index is 1.92. The predicted octanol–water partition coefficient (Wildman–Crippen LogP) is 3.60. The van der Waals surface area contributed by atoms with Gasteiger partial charge in [-0.15, -0.1) is 0 Å². The predicted molar refractivity (Wildman–Crippen MR) is 104 cm³/mol. The van der Waals surface area contributed by atoms with Crippen LogP contribution in [0.2, 0.25) is 0 Å². The number of carbonyl (C=O) groups excluding carboxylic acids is 1. The Morgan fingerprint density at radius 2 is 2.00 bits per heavy atom. The fraction of sp³-hybridized carbons (Fsp3) is 0.167. The van der Waals surface area contributed by atoms with E-state index in [1.54, 1.807) is 33.5 Å². The molecule has 1 aromatic carbocycles. The summed E-state index contributed by atoms with van der Waals surface area (Å²) in [4.78, 5) is 18.6. The summed E-state index contributed by atoms with van der Waals surface area (Å²) in [5, 5.41) is 0. The van der Waals surface area contributed by atoms with Crippen LogP contribution in [0.5, 0.6) is 11.5 Å². The number of hydrogen-bond acceptors (Lipinski definition) is 6. The van der Waals surface area contributed by atoms with Gasteiger partial charge in [0.2, 0.25) is 0 Å². The minimum atomic E-state index is -0.0893. The van der Waals surface area contributed by atoms with Crippen molar-refractivity contribution in [1.29, 1.82) is 0 Å². The summed E-state index contributed by atoms with van der Waals surface area (Å²) in [5.74, 6) is 1.20. The lowest BCUT2D eigenvalue weighted by Crippen LogP contribution is -2.22. The van der Waals surface area contributed by atoms with Crippen molar-refractivity contribution in [3.05, 3.63) is 47.0 Å². The Bertz CT molecular complexity index is 863. The molecule has 1 fully saturated rings. The molecule has 7 heteroatoms. The summed E-state index contributed by atoms with van der Waals surface area (Å²) >= 11 is 6.43. The quantitative estimate of drug-likeness (QED) is 0.604. The van der Waals surface area contributed by atoms with Crippen LogP contribution in [0.25, 0.3) is 17.3 Å². The van der Waals surface area contributed by atoms with Gasteiger partial charge >= 0.3 is 0 Å². The molecular weight excluding hydrogens is 356 g/mol. The molecule has 128 valence electrons. The first kappa shape index (κ1) is 17.4. The summed E-state index contributed by atoms with van der Waals surface area (Å²) in [7, 11) is 4.87. The molecule has 1 aliphatic heterocycles. The zero-order valence-corrected chi connectivity index (χ0v) is 15.6. The maximum atomic E-state index is 12.1. The van der Waals surface area contributed by atoms with Crippen molar-refractivity contribution in [1.82, 2.24) is 9.88 Å². The van der Waals surface area contributed by atoms with Crippen LogP contribution in [0, 0.1) is 0 Å². The number of rotatable bonds is 4. The van der Waals surface area contributed by atoms with E-state index in [-0.39, 0.29) is 5.91 Å². The molecule has 2 heterocycles. The van der Waals surface area contributed by atoms with E-state index in [2.05, 4.69) is 4.98 Å². The number of ether oxygens (including phenoxy) is 2. The highest BCUT2D eigenvalue weighted by atomic mass is 32.2. The topological polar surface area (TPSA) is 51.7 Å². The number of carbonyl (C=O) groups is 1. The van der Waals surface area contributed by atoms with Gasteiger partial charge in [0.05, 0.1) is 24.8 Å². The number of para-hydroxylation sites is 1. The maximum Gasteiger partial charge on any atom is 0.265 e. The van der Waals surface area contributed by atoms with E-state index < -0.39 is 0 Å². The lowest BCUT2D eigenvalue weighted by atomic mass is 10.1. The number of methoxy groups -OCH3 is 2. The van der Waals surface area contributed by atoms with E-state index in [0.29, 0.717) is 20.7 Å². The number of nitrogens with zero attached hydrogens (tertiary/aromatic N) is 2. The number of hydrogen-bond donors (Lipinski definition) is 0. The van der Waals surface area contributed by atoms with Crippen LogP contribution in [0.1, 0.15) is 5.56 Å². The fourth-order valence-corrected chi connectivity index (χ4v) is 3.62. The Morgan fingerprint density at radius 1 is 1.20 bits per heavy atom. The van der Waals surface area contributed by atoms with Crippen LogP contribution >= 0.6 is 24.0 Å². The smallest absolute Gasteiger partial charge is 0.265 e. The van der Waals surface area contributed by atoms with E-state index in [1.807, 2.05) is 30.3 Å². The molecule has 2 aromatic rings. The molecular formula is C18H16N2O3S2. The Hall–Kier alpha value is -2.38. The van der Waals surface area contributed by atoms with Gasteiger partial charge in [-0.2, -0.15) is 0 Å². The van der Waals surface area contributed by atoms with E-state index >= 15 is 0 Å². The summed E-state index contributed by atoms with van der Waals surface area (Å²) in [5.41, 5.74) is 2.43. The molecule has 0 saturated carbocycles. The maximum absolute atomic E-state index is 12.1. The summed E-state index contributed by atoms with van der Waals surface area (Å²) in [6, 6.07) is 9.44. The van der Waals surface area contributed by atoms with Gasteiger partial charge < -0.3 is 9.47 Å². The van der Waals surface area contributed by atoms with Crippen LogP contribution in [0.15, 0.2) is 41.4 Å². The average molecular weight is 372 g/mol. The van der Waals surface area contributed by atoms with Crippen molar-refractivity contribution >= 4 is 40.3 Å². The lowest BCUT2D eigenvalue weighted by molar-refractivity contribution is -0.121. The van der Waals surface area contributed by atoms with Crippen molar-refractivity contribution in [3.8, 4) is 22.8 Å². The largest absolute Gasteiger partial charge is 0.493 e. The van der Waals surface area contributed by atoms with Crippen molar-refractivity contribution in [3.63, 3.8) is 0 Å². The number of pyridine rings is 1. The first-order valence-electron chi connectivity index (χ1n) is 7.44. The highest BCUT2D eigenvalue weighted by Gasteiger charge is 2.28. The minimum absolute atomic E-state index is 0.0893. The van der Waals surface area contributed by atoms with Gasteiger partial charge in [-0.3, -0.25) is 14.7 Å². The van der Waals surface area contributed by atoms with Crippen LogP contribution < -0.4 is 9.47 Å². The van der Waals surface area contributed by atoms with Crippen molar-refractivity contribution < 1.29 is 14.3 Å². The fourth-order valence-electron chi connectivity index (χ4n) is 2.44. The molecule has 0 atom stereocenters. The number of thiocarbonyl (C=S) groups is 1. The molecule has 0 unspecified atom stereocenters. The second-order valence-electron chi connectivity index (χ2n) is 5.26. The van der Waals surface area contributed by atoms with Gasteiger partial charge in [0.1, 0.15) is 4.32 Å². The van der Waals surface area contributed by atoms with Crippen molar-refractivity contribution in [2.45, 2.75) is 0 Å². The summed E-state index contributed by atoms with van der Waals surface area (Å²) in [6.07, 6.45) is 3.51. The molecule has 1 saturated heterocycles. The van der Waals surface area contributed by atoms with Gasteiger partial charge in [-0.1, -0.05) is 36.1 Å². The third-order valence-electron chi connectivity index (χ3n) is 3.75. The van der Waals surface area contributed by atoms with Crippen molar-refractivity contribution in [2.24, 2.45) is 0 Å². The number of amides is 1. The Kier molecular flexibility index (Phi) is 5.06. The van der Waals surface area contributed by atoms with Crippen LogP contribution in [0.3, 0.4) is 0 Å². The molecule has 0 radical (unpaired) electrons. The third kappa shape index (κ3) is 3.38. The number of aromatic nitrogens is 1. The van der Waals surface area contributed by atoms with Gasteiger partial charge in [0.25, 0.3) is 5.91 Å². The molecule has 25 heavy (non-hydrogen) atoms. The van der Waals surface area contributed by atoms with E-state index in [1.165, 1.54) is 16.7 Å². The van der Waals surface area contributed by atoms with Crippen LogP contribution in [-0.2, 0) is 4.79 Å². The van der Waals surface area contributed by atoms with E-state index in [9.17, 15) is 4.79 Å². The van der Waals surface area contributed by atoms with Gasteiger partial charge in [0, 0.05) is 18.8 Å². The van der Waals surface area contributed by atoms with Crippen LogP contribution in [-0.4, -0.2) is 41.4 Å². The highest BCUT2D eigenvalue weighted by molar-refractivity contribution is 8.26. The summed E-state index contributed by atoms with van der Waals surface area (Å²) in [6.45, 7) is 0. The summed E-state index contributed by atoms with van der Waals surface area (Å²) < 4.78 is 11.3. The minimum Gasteiger partial charge on any atom is -0.493 e. The second-order valence-corrected chi connectivity index (χ2v) is 6.93. The molecule has 5 nitrogen and oxygen atoms in total. The molecule has 3 rings (SSSR count). The number of benzene rings is 1. The Labute approximate surface area is 155 Å². The molecule has 0 bridgehead atoms. The molecule has 1 amide bonds. The first-order valence-corrected chi connectivity index (χ1v) is 8.66. The van der Waals surface area contributed by atoms with E-state index in [4.69, 9.17) is 21.7 Å². The third-order valence-corrected chi connectivity index (χ3v) is 5.23. The Morgan fingerprint density at radius 3 is 2.56 bits per heavy atom. The zero-order chi connectivity index (χ0) is 18.0. The van der Waals surface area contributed by atoms with Gasteiger partial charge in [-0.25, -0.2) is 0 Å². The lowest BCUT2D eigenvalue weighted by Gasteiger charge is -2.12. The molecule has 1 aromatic heterocycles. The number of likely N-dealkylation sites (N-methyl/N-ethyl adjacent to an activating group) is 1. The van der Waals surface area contributed by atoms with Crippen molar-refractivity contribution in [2.75, 3.05) is 21.3 Å². The van der Waals surface area contributed by atoms with Crippen LogP contribution in [0.4, 0.5) is 0 Å². The van der Waals surface area contributed by atoms with E-state index in [0.717, 1.165) is 16.8 Å². The van der Waals surface area contributed by atoms with Gasteiger partial charge in [-0.05, 0) is 29.8 Å².